The smallest absolute Gasteiger partial charge is 0.349 e. The second-order valence-corrected chi connectivity index (χ2v) is 6.65. The van der Waals surface area contributed by atoms with Crippen molar-refractivity contribution < 1.29 is 9.21 Å². The lowest BCUT2D eigenvalue weighted by Crippen LogP contribution is -2.27. The third-order valence-corrected chi connectivity index (χ3v) is 4.59. The van der Waals surface area contributed by atoms with Crippen molar-refractivity contribution in [2.45, 2.75) is 13.0 Å². The van der Waals surface area contributed by atoms with Gasteiger partial charge < -0.3 is 9.73 Å². The van der Waals surface area contributed by atoms with E-state index in [2.05, 4.69) is 17.4 Å². The van der Waals surface area contributed by atoms with E-state index in [9.17, 15) is 9.59 Å². The molecule has 0 radical (unpaired) electrons. The minimum atomic E-state index is -0.631. The molecule has 3 aromatic carbocycles. The Morgan fingerprint density at radius 2 is 1.46 bits per heavy atom. The molecule has 138 valence electrons. The average molecular weight is 369 g/mol. The predicted octanol–water partition coefficient (Wildman–Crippen LogP) is 4.31. The van der Waals surface area contributed by atoms with Crippen LogP contribution in [0.5, 0.6) is 0 Å². The van der Waals surface area contributed by atoms with Crippen LogP contribution >= 0.6 is 0 Å². The SMILES string of the molecule is O=C(NCc1ccccc1)c1cc2cc(Cc3ccccc3)ccc2oc1=O. The summed E-state index contributed by atoms with van der Waals surface area (Å²) in [6, 6.07) is 27.0. The van der Waals surface area contributed by atoms with E-state index in [0.717, 1.165) is 22.9 Å². The maximum atomic E-state index is 12.5. The van der Waals surface area contributed by atoms with Crippen molar-refractivity contribution in [3.63, 3.8) is 0 Å². The summed E-state index contributed by atoms with van der Waals surface area (Å²) in [6.45, 7) is 0.352. The number of fused-ring (bicyclic) bond motifs is 1. The summed E-state index contributed by atoms with van der Waals surface area (Å²) in [4.78, 5) is 24.7. The summed E-state index contributed by atoms with van der Waals surface area (Å²) < 4.78 is 5.35. The van der Waals surface area contributed by atoms with Gasteiger partial charge in [-0.1, -0.05) is 66.7 Å². The van der Waals surface area contributed by atoms with Crippen molar-refractivity contribution in [2.24, 2.45) is 0 Å². The highest BCUT2D eigenvalue weighted by molar-refractivity contribution is 5.96. The number of rotatable bonds is 5. The van der Waals surface area contributed by atoms with Gasteiger partial charge in [-0.05, 0) is 41.3 Å². The van der Waals surface area contributed by atoms with Crippen LogP contribution in [-0.2, 0) is 13.0 Å². The van der Waals surface area contributed by atoms with Crippen molar-refractivity contribution in [3.8, 4) is 0 Å². The topological polar surface area (TPSA) is 59.3 Å². The van der Waals surface area contributed by atoms with Gasteiger partial charge in [0.1, 0.15) is 11.1 Å². The molecule has 4 heteroatoms. The third-order valence-electron chi connectivity index (χ3n) is 4.59. The summed E-state index contributed by atoms with van der Waals surface area (Å²) in [5.74, 6) is -0.437. The summed E-state index contributed by atoms with van der Waals surface area (Å²) in [7, 11) is 0. The number of carbonyl (C=O) groups excluding carboxylic acids is 1. The van der Waals surface area contributed by atoms with Crippen molar-refractivity contribution in [3.05, 3.63) is 118 Å². The van der Waals surface area contributed by atoms with Gasteiger partial charge in [-0.2, -0.15) is 0 Å². The molecule has 0 unspecified atom stereocenters. The van der Waals surface area contributed by atoms with E-state index in [4.69, 9.17) is 4.42 Å². The number of hydrogen-bond acceptors (Lipinski definition) is 3. The Hall–Kier alpha value is -3.66. The van der Waals surface area contributed by atoms with E-state index in [1.54, 1.807) is 12.1 Å². The Labute approximate surface area is 162 Å². The highest BCUT2D eigenvalue weighted by Gasteiger charge is 2.14. The van der Waals surface area contributed by atoms with Gasteiger partial charge >= 0.3 is 5.63 Å². The third kappa shape index (κ3) is 4.01. The average Bonchev–Trinajstić information content (AvgIpc) is 2.73. The van der Waals surface area contributed by atoms with Gasteiger partial charge in [0.2, 0.25) is 0 Å². The monoisotopic (exact) mass is 369 g/mol. The molecule has 1 heterocycles. The van der Waals surface area contributed by atoms with Crippen LogP contribution in [0.3, 0.4) is 0 Å². The van der Waals surface area contributed by atoms with Crippen molar-refractivity contribution in [1.82, 2.24) is 5.32 Å². The van der Waals surface area contributed by atoms with E-state index in [1.807, 2.05) is 60.7 Å². The van der Waals surface area contributed by atoms with Gasteiger partial charge in [0.15, 0.2) is 0 Å². The quantitative estimate of drug-likeness (QED) is 0.533. The molecule has 1 amide bonds. The number of hydrogen-bond donors (Lipinski definition) is 1. The first-order valence-electron chi connectivity index (χ1n) is 9.12. The molecular weight excluding hydrogens is 350 g/mol. The zero-order chi connectivity index (χ0) is 19.3. The van der Waals surface area contributed by atoms with Crippen LogP contribution in [0.2, 0.25) is 0 Å². The summed E-state index contributed by atoms with van der Waals surface area (Å²) in [5.41, 5.74) is 3.10. The van der Waals surface area contributed by atoms with Gasteiger partial charge in [-0.15, -0.1) is 0 Å². The molecule has 1 aromatic heterocycles. The van der Waals surface area contributed by atoms with Crippen LogP contribution in [0.1, 0.15) is 27.0 Å². The molecular formula is C24H19NO3. The molecule has 4 aromatic rings. The molecule has 0 bridgehead atoms. The van der Waals surface area contributed by atoms with Crippen LogP contribution in [-0.4, -0.2) is 5.91 Å². The maximum Gasteiger partial charge on any atom is 0.349 e. The largest absolute Gasteiger partial charge is 0.422 e. The Balaban J connectivity index is 1.58. The van der Waals surface area contributed by atoms with Gasteiger partial charge in [0.25, 0.3) is 5.91 Å². The Kier molecular flexibility index (Phi) is 5.02. The number of benzene rings is 3. The molecule has 0 spiro atoms. The number of nitrogens with one attached hydrogen (secondary N) is 1. The molecule has 0 aliphatic carbocycles. The van der Waals surface area contributed by atoms with Crippen molar-refractivity contribution in [2.75, 3.05) is 0 Å². The fourth-order valence-corrected chi connectivity index (χ4v) is 3.15. The van der Waals surface area contributed by atoms with Gasteiger partial charge in [0, 0.05) is 11.9 Å². The normalized spacial score (nSPS) is 10.7. The van der Waals surface area contributed by atoms with Crippen molar-refractivity contribution >= 4 is 16.9 Å². The molecule has 28 heavy (non-hydrogen) atoms. The Bertz CT molecular complexity index is 1160. The maximum absolute atomic E-state index is 12.5. The molecule has 0 aliphatic rings. The lowest BCUT2D eigenvalue weighted by atomic mass is 10.0. The second kappa shape index (κ2) is 7.92. The Morgan fingerprint density at radius 1 is 0.786 bits per heavy atom. The first-order chi connectivity index (χ1) is 13.7. The van der Waals surface area contributed by atoms with Gasteiger partial charge in [0.05, 0.1) is 0 Å². The zero-order valence-electron chi connectivity index (χ0n) is 15.2. The molecule has 1 N–H and O–H groups in total. The van der Waals surface area contributed by atoms with E-state index in [1.165, 1.54) is 5.56 Å². The lowest BCUT2D eigenvalue weighted by Gasteiger charge is -2.07. The molecule has 0 saturated carbocycles. The van der Waals surface area contributed by atoms with Crippen LogP contribution in [0.25, 0.3) is 11.0 Å². The van der Waals surface area contributed by atoms with Crippen LogP contribution in [0, 0.1) is 0 Å². The molecule has 0 saturated heterocycles. The second-order valence-electron chi connectivity index (χ2n) is 6.65. The van der Waals surface area contributed by atoms with E-state index >= 15 is 0 Å². The van der Waals surface area contributed by atoms with Crippen LogP contribution < -0.4 is 10.9 Å². The van der Waals surface area contributed by atoms with Crippen molar-refractivity contribution in [1.29, 1.82) is 0 Å². The molecule has 0 aliphatic heterocycles. The summed E-state index contributed by atoms with van der Waals surface area (Å²) in [6.07, 6.45) is 0.769. The lowest BCUT2D eigenvalue weighted by molar-refractivity contribution is 0.0947. The summed E-state index contributed by atoms with van der Waals surface area (Å²) in [5, 5.41) is 3.51. The first kappa shape index (κ1) is 17.7. The number of carbonyl (C=O) groups is 1. The highest BCUT2D eigenvalue weighted by atomic mass is 16.4. The van der Waals surface area contributed by atoms with E-state index in [0.29, 0.717) is 12.1 Å². The zero-order valence-corrected chi connectivity index (χ0v) is 15.2. The molecule has 0 atom stereocenters. The van der Waals surface area contributed by atoms with Gasteiger partial charge in [-0.3, -0.25) is 4.79 Å². The van der Waals surface area contributed by atoms with Gasteiger partial charge in [-0.25, -0.2) is 4.79 Å². The van der Waals surface area contributed by atoms with E-state index < -0.39 is 11.5 Å². The van der Waals surface area contributed by atoms with Crippen LogP contribution in [0.15, 0.2) is 94.1 Å². The minimum Gasteiger partial charge on any atom is -0.422 e. The fourth-order valence-electron chi connectivity index (χ4n) is 3.15. The first-order valence-corrected chi connectivity index (χ1v) is 9.12. The summed E-state index contributed by atoms with van der Waals surface area (Å²) >= 11 is 0. The van der Waals surface area contributed by atoms with E-state index in [-0.39, 0.29) is 5.56 Å². The number of amides is 1. The fraction of sp³-hybridized carbons (Fsp3) is 0.0833. The highest BCUT2D eigenvalue weighted by Crippen LogP contribution is 2.18. The molecule has 4 nitrogen and oxygen atoms in total. The molecule has 0 fully saturated rings. The van der Waals surface area contributed by atoms with Crippen LogP contribution in [0.4, 0.5) is 0 Å². The standard InChI is InChI=1S/C24H19NO3/c26-23(25-16-18-9-5-2-6-10-18)21-15-20-14-19(11-12-22(20)28-24(21)27)13-17-7-3-1-4-8-17/h1-12,14-15H,13,16H2,(H,25,26). The molecule has 4 rings (SSSR count). The Morgan fingerprint density at radius 3 is 2.18 bits per heavy atom. The predicted molar refractivity (Wildman–Crippen MR) is 109 cm³/mol. The minimum absolute atomic E-state index is 0.0142.